The van der Waals surface area contributed by atoms with Gasteiger partial charge in [0, 0.05) is 25.3 Å². The van der Waals surface area contributed by atoms with Crippen LogP contribution in [-0.4, -0.2) is 70.3 Å². The molecule has 0 spiro atoms. The lowest BCUT2D eigenvalue weighted by atomic mass is 10.2. The molecular weight excluding hydrogens is 383 g/mol. The van der Waals surface area contributed by atoms with Gasteiger partial charge >= 0.3 is 0 Å². The summed E-state index contributed by atoms with van der Waals surface area (Å²) in [5, 5.41) is 9.30. The molecule has 2 saturated heterocycles. The number of rotatable bonds is 6. The monoisotopic (exact) mass is 406 g/mol. The summed E-state index contributed by atoms with van der Waals surface area (Å²) in [4.78, 5) is 14.3. The molecule has 2 aromatic rings. The summed E-state index contributed by atoms with van der Waals surface area (Å²) in [6.07, 6.45) is 2.12. The molecule has 0 N–H and O–H groups in total. The van der Waals surface area contributed by atoms with E-state index in [-0.39, 0.29) is 17.8 Å². The van der Waals surface area contributed by atoms with Crippen molar-refractivity contribution in [3.8, 4) is 11.4 Å². The molecule has 2 aliphatic heterocycles. The maximum atomic E-state index is 13.3. The quantitative estimate of drug-likeness (QED) is 0.685. The second kappa shape index (κ2) is 9.02. The highest BCUT2D eigenvalue weighted by Crippen LogP contribution is 2.27. The van der Waals surface area contributed by atoms with Gasteiger partial charge in [-0.3, -0.25) is 9.36 Å². The molecule has 150 valence electrons. The first-order chi connectivity index (χ1) is 13.7. The molecule has 2 aliphatic rings. The molecule has 0 radical (unpaired) electrons. The van der Waals surface area contributed by atoms with Gasteiger partial charge in [0.2, 0.25) is 5.91 Å². The minimum Gasteiger partial charge on any atom is -0.378 e. The summed E-state index contributed by atoms with van der Waals surface area (Å²) in [6, 6.07) is 6.21. The standard InChI is InChI=1S/C19H23FN4O3S/c20-15-5-3-14(4-6-15)18-21-22-19(24(18)12-16-2-1-9-27-16)28-13-17(25)23-7-10-26-11-8-23/h3-6,16H,1-2,7-13H2/t16-/m0/s1. The lowest BCUT2D eigenvalue weighted by molar-refractivity contribution is -0.132. The van der Waals surface area contributed by atoms with Gasteiger partial charge in [-0.1, -0.05) is 11.8 Å². The van der Waals surface area contributed by atoms with Crippen molar-refractivity contribution in [2.24, 2.45) is 0 Å². The molecule has 9 heteroatoms. The van der Waals surface area contributed by atoms with Crippen LogP contribution < -0.4 is 0 Å². The first-order valence-corrected chi connectivity index (χ1v) is 10.5. The number of carbonyl (C=O) groups excluding carboxylic acids is 1. The summed E-state index contributed by atoms with van der Waals surface area (Å²) in [6.45, 7) is 3.80. The van der Waals surface area contributed by atoms with E-state index in [9.17, 15) is 9.18 Å². The van der Waals surface area contributed by atoms with Crippen LogP contribution in [-0.2, 0) is 20.8 Å². The number of thioether (sulfide) groups is 1. The number of benzene rings is 1. The Morgan fingerprint density at radius 3 is 2.68 bits per heavy atom. The van der Waals surface area contributed by atoms with E-state index in [2.05, 4.69) is 10.2 Å². The van der Waals surface area contributed by atoms with E-state index in [1.165, 1.54) is 23.9 Å². The van der Waals surface area contributed by atoms with E-state index in [0.717, 1.165) is 25.0 Å². The summed E-state index contributed by atoms with van der Waals surface area (Å²) in [5.41, 5.74) is 0.790. The van der Waals surface area contributed by atoms with Gasteiger partial charge in [0.05, 0.1) is 31.6 Å². The molecular formula is C19H23FN4O3S. The van der Waals surface area contributed by atoms with Crippen LogP contribution in [0, 0.1) is 5.82 Å². The van der Waals surface area contributed by atoms with Crippen molar-refractivity contribution in [3.63, 3.8) is 0 Å². The van der Waals surface area contributed by atoms with Crippen LogP contribution in [0.25, 0.3) is 11.4 Å². The van der Waals surface area contributed by atoms with Crippen molar-refractivity contribution in [3.05, 3.63) is 30.1 Å². The highest BCUT2D eigenvalue weighted by atomic mass is 32.2. The molecule has 0 unspecified atom stereocenters. The smallest absolute Gasteiger partial charge is 0.233 e. The van der Waals surface area contributed by atoms with Crippen LogP contribution in [0.2, 0.25) is 0 Å². The van der Waals surface area contributed by atoms with Crippen molar-refractivity contribution in [1.82, 2.24) is 19.7 Å². The maximum absolute atomic E-state index is 13.3. The zero-order valence-electron chi connectivity index (χ0n) is 15.6. The Morgan fingerprint density at radius 2 is 1.96 bits per heavy atom. The molecule has 7 nitrogen and oxygen atoms in total. The highest BCUT2D eigenvalue weighted by molar-refractivity contribution is 7.99. The fraction of sp³-hybridized carbons (Fsp3) is 0.526. The first kappa shape index (κ1) is 19.4. The number of amides is 1. The average Bonchev–Trinajstić information content (AvgIpc) is 3.38. The van der Waals surface area contributed by atoms with Gasteiger partial charge in [0.15, 0.2) is 11.0 Å². The number of morpholine rings is 1. The Hall–Kier alpha value is -1.97. The second-order valence-corrected chi connectivity index (χ2v) is 7.78. The first-order valence-electron chi connectivity index (χ1n) is 9.50. The second-order valence-electron chi connectivity index (χ2n) is 6.84. The largest absolute Gasteiger partial charge is 0.378 e. The van der Waals surface area contributed by atoms with Gasteiger partial charge < -0.3 is 14.4 Å². The Kier molecular flexibility index (Phi) is 6.23. The van der Waals surface area contributed by atoms with E-state index >= 15 is 0 Å². The minimum absolute atomic E-state index is 0.0725. The Morgan fingerprint density at radius 1 is 1.18 bits per heavy atom. The highest BCUT2D eigenvalue weighted by Gasteiger charge is 2.23. The van der Waals surface area contributed by atoms with Gasteiger partial charge in [-0.2, -0.15) is 0 Å². The molecule has 2 fully saturated rings. The predicted molar refractivity (Wildman–Crippen MR) is 103 cm³/mol. The van der Waals surface area contributed by atoms with E-state index in [0.29, 0.717) is 49.6 Å². The molecule has 0 bridgehead atoms. The van der Waals surface area contributed by atoms with E-state index < -0.39 is 0 Å². The number of carbonyl (C=O) groups is 1. The summed E-state index contributed by atoms with van der Waals surface area (Å²) >= 11 is 1.38. The van der Waals surface area contributed by atoms with Gasteiger partial charge in [0.25, 0.3) is 0 Å². The average molecular weight is 406 g/mol. The van der Waals surface area contributed by atoms with Crippen LogP contribution in [0.5, 0.6) is 0 Å². The SMILES string of the molecule is O=C(CSc1nnc(-c2ccc(F)cc2)n1C[C@@H]1CCCO1)N1CCOCC1. The van der Waals surface area contributed by atoms with Gasteiger partial charge in [-0.05, 0) is 37.1 Å². The van der Waals surface area contributed by atoms with Crippen molar-refractivity contribution >= 4 is 17.7 Å². The van der Waals surface area contributed by atoms with Crippen LogP contribution >= 0.6 is 11.8 Å². The number of nitrogens with zero attached hydrogens (tertiary/aromatic N) is 4. The lowest BCUT2D eigenvalue weighted by Crippen LogP contribution is -2.41. The molecule has 28 heavy (non-hydrogen) atoms. The van der Waals surface area contributed by atoms with E-state index in [1.807, 2.05) is 9.47 Å². The van der Waals surface area contributed by atoms with Crippen molar-refractivity contribution in [2.75, 3.05) is 38.7 Å². The number of ether oxygens (including phenoxy) is 2. The Labute approximate surface area is 167 Å². The van der Waals surface area contributed by atoms with Crippen molar-refractivity contribution in [2.45, 2.75) is 30.6 Å². The van der Waals surface area contributed by atoms with Crippen molar-refractivity contribution in [1.29, 1.82) is 0 Å². The van der Waals surface area contributed by atoms with Crippen LogP contribution in [0.1, 0.15) is 12.8 Å². The van der Waals surface area contributed by atoms with Crippen LogP contribution in [0.4, 0.5) is 4.39 Å². The molecule has 3 heterocycles. The summed E-state index contributed by atoms with van der Waals surface area (Å²) < 4.78 is 26.4. The van der Waals surface area contributed by atoms with Gasteiger partial charge in [-0.15, -0.1) is 10.2 Å². The minimum atomic E-state index is -0.292. The summed E-state index contributed by atoms with van der Waals surface area (Å²) in [5.74, 6) is 0.743. The van der Waals surface area contributed by atoms with Gasteiger partial charge in [-0.25, -0.2) is 4.39 Å². The third-order valence-electron chi connectivity index (χ3n) is 4.92. The lowest BCUT2D eigenvalue weighted by Gasteiger charge is -2.26. The number of halogens is 1. The Bertz CT molecular complexity index is 802. The molecule has 1 amide bonds. The number of hydrogen-bond acceptors (Lipinski definition) is 6. The zero-order chi connectivity index (χ0) is 19.3. The Balaban J connectivity index is 1.52. The van der Waals surface area contributed by atoms with E-state index in [1.54, 1.807) is 12.1 Å². The fourth-order valence-electron chi connectivity index (χ4n) is 3.39. The predicted octanol–water partition coefficient (Wildman–Crippen LogP) is 2.21. The third-order valence-corrected chi connectivity index (χ3v) is 5.87. The normalized spacial score (nSPS) is 19.9. The molecule has 1 atom stereocenters. The van der Waals surface area contributed by atoms with Crippen molar-refractivity contribution < 1.29 is 18.7 Å². The fourth-order valence-corrected chi connectivity index (χ4v) is 4.25. The maximum Gasteiger partial charge on any atom is 0.233 e. The zero-order valence-corrected chi connectivity index (χ0v) is 16.4. The number of hydrogen-bond donors (Lipinski definition) is 0. The molecule has 0 saturated carbocycles. The van der Waals surface area contributed by atoms with E-state index in [4.69, 9.17) is 9.47 Å². The van der Waals surface area contributed by atoms with Crippen LogP contribution in [0.3, 0.4) is 0 Å². The van der Waals surface area contributed by atoms with Gasteiger partial charge in [0.1, 0.15) is 5.82 Å². The molecule has 1 aromatic heterocycles. The number of aromatic nitrogens is 3. The summed E-state index contributed by atoms with van der Waals surface area (Å²) in [7, 11) is 0. The topological polar surface area (TPSA) is 69.5 Å². The molecule has 1 aromatic carbocycles. The molecule has 0 aliphatic carbocycles. The third kappa shape index (κ3) is 4.53. The van der Waals surface area contributed by atoms with Crippen LogP contribution in [0.15, 0.2) is 29.4 Å². The molecule has 4 rings (SSSR count).